The molecule has 0 aromatic heterocycles. The lowest BCUT2D eigenvalue weighted by Crippen LogP contribution is -2.21. The molecule has 2 aliphatic rings. The third-order valence-corrected chi connectivity index (χ3v) is 5.94. The van der Waals surface area contributed by atoms with Gasteiger partial charge in [-0.25, -0.2) is 0 Å². The monoisotopic (exact) mass is 402 g/mol. The van der Waals surface area contributed by atoms with Gasteiger partial charge in [0.2, 0.25) is 0 Å². The molecule has 5 nitrogen and oxygen atoms in total. The summed E-state index contributed by atoms with van der Waals surface area (Å²) in [5.41, 5.74) is 3.31. The number of hydrogen-bond acceptors (Lipinski definition) is 5. The number of benzene rings is 1. The maximum Gasteiger partial charge on any atom is 0.305 e. The van der Waals surface area contributed by atoms with Crippen molar-refractivity contribution in [3.05, 3.63) is 28.8 Å². The highest BCUT2D eigenvalue weighted by Gasteiger charge is 2.19. The Labute approximate surface area is 176 Å². The number of phenols is 1. The molecular formula is C24H38N2O3. The van der Waals surface area contributed by atoms with Crippen molar-refractivity contribution in [1.82, 2.24) is 9.80 Å². The van der Waals surface area contributed by atoms with E-state index in [0.717, 1.165) is 63.2 Å². The average Bonchev–Trinajstić information content (AvgIpc) is 3.38. The Hall–Kier alpha value is -1.59. The van der Waals surface area contributed by atoms with Gasteiger partial charge < -0.3 is 9.84 Å². The molecule has 1 aromatic carbocycles. The molecule has 3 rings (SSSR count). The standard InChI is InChI=1S/C24H38N2O3/c1-19(2)18-29-23(27)9-7-8-20-14-21(16-25-10-3-4-11-25)24(28)22(15-20)17-26-12-5-6-13-26/h14-15,19,28H,3-13,16-18H2,1-2H3. The van der Waals surface area contributed by atoms with E-state index in [1.165, 1.54) is 31.2 Å². The van der Waals surface area contributed by atoms with E-state index >= 15 is 0 Å². The summed E-state index contributed by atoms with van der Waals surface area (Å²) in [5, 5.41) is 10.9. The number of hydrogen-bond donors (Lipinski definition) is 1. The van der Waals surface area contributed by atoms with Crippen LogP contribution in [0.2, 0.25) is 0 Å². The van der Waals surface area contributed by atoms with Gasteiger partial charge in [0.25, 0.3) is 0 Å². The molecule has 0 spiro atoms. The highest BCUT2D eigenvalue weighted by molar-refractivity contribution is 5.69. The third-order valence-electron chi connectivity index (χ3n) is 5.94. The van der Waals surface area contributed by atoms with E-state index in [9.17, 15) is 9.90 Å². The van der Waals surface area contributed by atoms with E-state index in [0.29, 0.717) is 24.7 Å². The summed E-state index contributed by atoms with van der Waals surface area (Å²) in [5.74, 6) is 0.744. The summed E-state index contributed by atoms with van der Waals surface area (Å²) in [6, 6.07) is 4.31. The molecule has 0 radical (unpaired) electrons. The van der Waals surface area contributed by atoms with Gasteiger partial charge in [0.1, 0.15) is 5.75 Å². The molecule has 5 heteroatoms. The average molecular weight is 403 g/mol. The Balaban J connectivity index is 1.64. The first-order valence-electron chi connectivity index (χ1n) is 11.4. The lowest BCUT2D eigenvalue weighted by molar-refractivity contribution is -0.144. The Bertz CT molecular complexity index is 623. The lowest BCUT2D eigenvalue weighted by atomic mass is 9.99. The van der Waals surface area contributed by atoms with Crippen LogP contribution in [-0.4, -0.2) is 53.7 Å². The molecule has 0 unspecified atom stereocenters. The van der Waals surface area contributed by atoms with Crippen LogP contribution in [0.25, 0.3) is 0 Å². The first-order chi connectivity index (χ1) is 14.0. The fourth-order valence-corrected chi connectivity index (χ4v) is 4.35. The molecule has 0 aliphatic carbocycles. The van der Waals surface area contributed by atoms with Crippen LogP contribution in [0.4, 0.5) is 0 Å². The van der Waals surface area contributed by atoms with E-state index in [4.69, 9.17) is 4.74 Å². The molecule has 2 aliphatic heterocycles. The first kappa shape index (κ1) is 22.1. The van der Waals surface area contributed by atoms with Crippen LogP contribution in [0.15, 0.2) is 12.1 Å². The number of aromatic hydroxyl groups is 1. The summed E-state index contributed by atoms with van der Waals surface area (Å²) in [4.78, 5) is 16.8. The molecule has 1 N–H and O–H groups in total. The van der Waals surface area contributed by atoms with Crippen molar-refractivity contribution in [2.24, 2.45) is 5.92 Å². The SMILES string of the molecule is CC(C)COC(=O)CCCc1cc(CN2CCCC2)c(O)c(CN2CCCC2)c1. The number of rotatable bonds is 10. The number of likely N-dealkylation sites (tertiary alicyclic amines) is 2. The van der Waals surface area contributed by atoms with Gasteiger partial charge in [0.15, 0.2) is 0 Å². The van der Waals surface area contributed by atoms with Crippen LogP contribution in [0.1, 0.15) is 69.1 Å². The zero-order chi connectivity index (χ0) is 20.6. The summed E-state index contributed by atoms with van der Waals surface area (Å²) in [7, 11) is 0. The fourth-order valence-electron chi connectivity index (χ4n) is 4.35. The molecule has 29 heavy (non-hydrogen) atoms. The largest absolute Gasteiger partial charge is 0.507 e. The second kappa shape index (κ2) is 11.0. The molecule has 2 saturated heterocycles. The maximum atomic E-state index is 11.9. The van der Waals surface area contributed by atoms with Gasteiger partial charge in [-0.05, 0) is 76.2 Å². The predicted molar refractivity (Wildman–Crippen MR) is 116 cm³/mol. The minimum atomic E-state index is -0.105. The quantitative estimate of drug-likeness (QED) is 0.597. The van der Waals surface area contributed by atoms with E-state index in [-0.39, 0.29) is 5.97 Å². The van der Waals surface area contributed by atoms with E-state index in [1.807, 2.05) is 13.8 Å². The normalized spacial score (nSPS) is 18.0. The number of carbonyl (C=O) groups is 1. The van der Waals surface area contributed by atoms with Crippen LogP contribution in [-0.2, 0) is 29.0 Å². The van der Waals surface area contributed by atoms with Gasteiger partial charge in [-0.1, -0.05) is 26.0 Å². The number of carbonyl (C=O) groups excluding carboxylic acids is 1. The fraction of sp³-hybridized carbons (Fsp3) is 0.708. The number of esters is 1. The Morgan fingerprint density at radius 1 is 1.00 bits per heavy atom. The number of ether oxygens (including phenoxy) is 1. The topological polar surface area (TPSA) is 53.0 Å². The molecule has 162 valence electrons. The number of phenolic OH excluding ortho intramolecular Hbond substituents is 1. The molecule has 2 fully saturated rings. The van der Waals surface area contributed by atoms with Crippen LogP contribution < -0.4 is 0 Å². The highest BCUT2D eigenvalue weighted by Crippen LogP contribution is 2.30. The third kappa shape index (κ3) is 7.00. The number of aryl methyl sites for hydroxylation is 1. The Kier molecular flexibility index (Phi) is 8.37. The van der Waals surface area contributed by atoms with Crippen molar-refractivity contribution in [2.75, 3.05) is 32.8 Å². The van der Waals surface area contributed by atoms with Crippen molar-refractivity contribution < 1.29 is 14.6 Å². The predicted octanol–water partition coefficient (Wildman–Crippen LogP) is 4.11. The maximum absolute atomic E-state index is 11.9. The van der Waals surface area contributed by atoms with Gasteiger partial charge in [-0.3, -0.25) is 14.6 Å². The smallest absolute Gasteiger partial charge is 0.305 e. The Morgan fingerprint density at radius 2 is 1.52 bits per heavy atom. The van der Waals surface area contributed by atoms with Crippen LogP contribution in [0, 0.1) is 5.92 Å². The van der Waals surface area contributed by atoms with Crippen LogP contribution >= 0.6 is 0 Å². The lowest BCUT2D eigenvalue weighted by Gasteiger charge is -2.21. The van der Waals surface area contributed by atoms with Gasteiger partial charge >= 0.3 is 5.97 Å². The molecule has 1 aromatic rings. The summed E-state index contributed by atoms with van der Waals surface area (Å²) in [6.07, 6.45) is 7.08. The second-order valence-electron chi connectivity index (χ2n) is 9.16. The minimum absolute atomic E-state index is 0.105. The van der Waals surface area contributed by atoms with Crippen molar-refractivity contribution in [1.29, 1.82) is 0 Å². The van der Waals surface area contributed by atoms with Crippen LogP contribution in [0.3, 0.4) is 0 Å². The van der Waals surface area contributed by atoms with Gasteiger partial charge in [0.05, 0.1) is 6.61 Å². The van der Waals surface area contributed by atoms with E-state index in [1.54, 1.807) is 0 Å². The Morgan fingerprint density at radius 3 is 2.00 bits per heavy atom. The van der Waals surface area contributed by atoms with Gasteiger partial charge in [-0.2, -0.15) is 0 Å². The van der Waals surface area contributed by atoms with Gasteiger partial charge in [-0.15, -0.1) is 0 Å². The highest BCUT2D eigenvalue weighted by atomic mass is 16.5. The van der Waals surface area contributed by atoms with Crippen LogP contribution in [0.5, 0.6) is 5.75 Å². The first-order valence-corrected chi connectivity index (χ1v) is 11.4. The summed E-state index contributed by atoms with van der Waals surface area (Å²) < 4.78 is 5.29. The van der Waals surface area contributed by atoms with Gasteiger partial charge in [0, 0.05) is 30.6 Å². The molecular weight excluding hydrogens is 364 g/mol. The van der Waals surface area contributed by atoms with E-state index in [2.05, 4.69) is 21.9 Å². The van der Waals surface area contributed by atoms with Crippen molar-refractivity contribution in [3.63, 3.8) is 0 Å². The molecule has 2 heterocycles. The zero-order valence-electron chi connectivity index (χ0n) is 18.3. The van der Waals surface area contributed by atoms with Crippen molar-refractivity contribution >= 4 is 5.97 Å². The summed E-state index contributed by atoms with van der Waals surface area (Å²) >= 11 is 0. The molecule has 0 saturated carbocycles. The number of nitrogens with zero attached hydrogens (tertiary/aromatic N) is 2. The molecule has 0 atom stereocenters. The summed E-state index contributed by atoms with van der Waals surface area (Å²) in [6.45, 7) is 10.7. The van der Waals surface area contributed by atoms with Crippen molar-refractivity contribution in [2.45, 2.75) is 71.9 Å². The van der Waals surface area contributed by atoms with Crippen molar-refractivity contribution in [3.8, 4) is 5.75 Å². The molecule has 0 amide bonds. The second-order valence-corrected chi connectivity index (χ2v) is 9.16. The van der Waals surface area contributed by atoms with E-state index < -0.39 is 0 Å². The zero-order valence-corrected chi connectivity index (χ0v) is 18.3. The molecule has 0 bridgehead atoms. The minimum Gasteiger partial charge on any atom is -0.507 e.